The number of hydrogen-bond donors (Lipinski definition) is 1. The standard InChI is InChI=1S/C10H12BrNS/c1-2-3-6-13-10-5-4-8(12)7-9(10)11/h2,4-5,7H,1,3,6,12H2. The van der Waals surface area contributed by atoms with Crippen LogP contribution < -0.4 is 5.73 Å². The third-order valence-corrected chi connectivity index (χ3v) is 3.56. The van der Waals surface area contributed by atoms with Gasteiger partial charge in [-0.3, -0.25) is 0 Å². The van der Waals surface area contributed by atoms with Crippen LogP contribution in [0.4, 0.5) is 5.69 Å². The van der Waals surface area contributed by atoms with Gasteiger partial charge in [-0.05, 0) is 40.5 Å². The summed E-state index contributed by atoms with van der Waals surface area (Å²) >= 11 is 5.28. The highest BCUT2D eigenvalue weighted by Gasteiger charge is 1.99. The monoisotopic (exact) mass is 257 g/mol. The second-order valence-electron chi connectivity index (χ2n) is 2.62. The molecule has 1 nitrogen and oxygen atoms in total. The molecule has 0 bridgehead atoms. The molecule has 3 heteroatoms. The number of benzene rings is 1. The molecule has 70 valence electrons. The first-order valence-electron chi connectivity index (χ1n) is 4.02. The molecule has 0 saturated carbocycles. The lowest BCUT2D eigenvalue weighted by Gasteiger charge is -2.03. The molecule has 0 unspecified atom stereocenters. The highest BCUT2D eigenvalue weighted by Crippen LogP contribution is 2.29. The van der Waals surface area contributed by atoms with Gasteiger partial charge in [-0.15, -0.1) is 18.3 Å². The summed E-state index contributed by atoms with van der Waals surface area (Å²) in [5.74, 6) is 1.06. The first kappa shape index (κ1) is 10.7. The molecule has 1 rings (SSSR count). The first-order valence-corrected chi connectivity index (χ1v) is 5.80. The van der Waals surface area contributed by atoms with Crippen molar-refractivity contribution in [3.63, 3.8) is 0 Å². The van der Waals surface area contributed by atoms with Crippen molar-refractivity contribution in [2.24, 2.45) is 0 Å². The van der Waals surface area contributed by atoms with Gasteiger partial charge in [0.2, 0.25) is 0 Å². The number of nitrogens with two attached hydrogens (primary N) is 1. The van der Waals surface area contributed by atoms with Gasteiger partial charge in [-0.1, -0.05) is 6.08 Å². The molecule has 0 aromatic heterocycles. The fourth-order valence-electron chi connectivity index (χ4n) is 0.886. The molecule has 0 fully saturated rings. The van der Waals surface area contributed by atoms with Gasteiger partial charge >= 0.3 is 0 Å². The van der Waals surface area contributed by atoms with Crippen LogP contribution in [0.5, 0.6) is 0 Å². The summed E-state index contributed by atoms with van der Waals surface area (Å²) in [6, 6.07) is 5.88. The average molecular weight is 258 g/mol. The largest absolute Gasteiger partial charge is 0.399 e. The van der Waals surface area contributed by atoms with Crippen molar-refractivity contribution >= 4 is 33.4 Å². The van der Waals surface area contributed by atoms with Gasteiger partial charge in [-0.2, -0.15) is 0 Å². The van der Waals surface area contributed by atoms with Crippen LogP contribution in [0.3, 0.4) is 0 Å². The second-order valence-corrected chi connectivity index (χ2v) is 4.61. The highest BCUT2D eigenvalue weighted by molar-refractivity contribution is 9.10. The quantitative estimate of drug-likeness (QED) is 0.385. The number of rotatable bonds is 4. The number of hydrogen-bond acceptors (Lipinski definition) is 2. The van der Waals surface area contributed by atoms with Crippen LogP contribution in [-0.4, -0.2) is 5.75 Å². The van der Waals surface area contributed by atoms with E-state index < -0.39 is 0 Å². The molecule has 0 atom stereocenters. The van der Waals surface area contributed by atoms with Crippen LogP contribution >= 0.6 is 27.7 Å². The third kappa shape index (κ3) is 3.44. The summed E-state index contributed by atoms with van der Waals surface area (Å²) in [6.07, 6.45) is 2.96. The molecule has 0 amide bonds. The molecule has 0 radical (unpaired) electrons. The van der Waals surface area contributed by atoms with Crippen molar-refractivity contribution < 1.29 is 0 Å². The Kier molecular flexibility index (Phi) is 4.39. The number of allylic oxidation sites excluding steroid dienone is 1. The zero-order valence-electron chi connectivity index (χ0n) is 7.29. The number of thioether (sulfide) groups is 1. The summed E-state index contributed by atoms with van der Waals surface area (Å²) in [7, 11) is 0. The van der Waals surface area contributed by atoms with Crippen LogP contribution in [0.15, 0.2) is 40.2 Å². The molecule has 0 spiro atoms. The fraction of sp³-hybridized carbons (Fsp3) is 0.200. The molecule has 0 aliphatic rings. The predicted octanol–water partition coefficient (Wildman–Crippen LogP) is 3.70. The minimum atomic E-state index is 0.792. The molecule has 1 aromatic rings. The smallest absolute Gasteiger partial charge is 0.0331 e. The molecule has 1 aromatic carbocycles. The van der Waals surface area contributed by atoms with E-state index in [9.17, 15) is 0 Å². The van der Waals surface area contributed by atoms with Crippen molar-refractivity contribution in [1.82, 2.24) is 0 Å². The van der Waals surface area contributed by atoms with Gasteiger partial charge in [0.15, 0.2) is 0 Å². The lowest BCUT2D eigenvalue weighted by Crippen LogP contribution is -1.85. The second kappa shape index (κ2) is 5.35. The van der Waals surface area contributed by atoms with Gasteiger partial charge < -0.3 is 5.73 Å². The Morgan fingerprint density at radius 3 is 2.92 bits per heavy atom. The molecule has 0 aliphatic heterocycles. The van der Waals surface area contributed by atoms with Gasteiger partial charge in [-0.25, -0.2) is 0 Å². The van der Waals surface area contributed by atoms with Crippen LogP contribution in [0, 0.1) is 0 Å². The highest BCUT2D eigenvalue weighted by atomic mass is 79.9. The Morgan fingerprint density at radius 1 is 1.54 bits per heavy atom. The summed E-state index contributed by atoms with van der Waals surface area (Å²) in [5.41, 5.74) is 6.42. The van der Waals surface area contributed by atoms with E-state index in [0.29, 0.717) is 0 Å². The minimum Gasteiger partial charge on any atom is -0.399 e. The maximum Gasteiger partial charge on any atom is 0.0331 e. The molecular weight excluding hydrogens is 246 g/mol. The Hall–Kier alpha value is -0.410. The average Bonchev–Trinajstić information content (AvgIpc) is 2.09. The molecular formula is C10H12BrNS. The summed E-state index contributed by atoms with van der Waals surface area (Å²) < 4.78 is 1.07. The van der Waals surface area contributed by atoms with E-state index in [1.54, 1.807) is 11.8 Å². The predicted molar refractivity (Wildman–Crippen MR) is 64.1 cm³/mol. The molecule has 13 heavy (non-hydrogen) atoms. The van der Waals surface area contributed by atoms with Gasteiger partial charge in [0.1, 0.15) is 0 Å². The lowest BCUT2D eigenvalue weighted by molar-refractivity contribution is 1.24. The Labute approximate surface area is 91.5 Å². The summed E-state index contributed by atoms with van der Waals surface area (Å²) in [6.45, 7) is 3.68. The zero-order chi connectivity index (χ0) is 9.68. The molecule has 0 saturated heterocycles. The topological polar surface area (TPSA) is 26.0 Å². The van der Waals surface area contributed by atoms with Crippen molar-refractivity contribution in [2.75, 3.05) is 11.5 Å². The Balaban J connectivity index is 2.61. The number of halogens is 1. The van der Waals surface area contributed by atoms with E-state index in [0.717, 1.165) is 22.3 Å². The zero-order valence-corrected chi connectivity index (χ0v) is 9.70. The Morgan fingerprint density at radius 2 is 2.31 bits per heavy atom. The van der Waals surface area contributed by atoms with Crippen LogP contribution in [0.1, 0.15) is 6.42 Å². The van der Waals surface area contributed by atoms with Crippen LogP contribution in [0.25, 0.3) is 0 Å². The maximum absolute atomic E-state index is 5.63. The first-order chi connectivity index (χ1) is 6.24. The molecule has 0 aliphatic carbocycles. The van der Waals surface area contributed by atoms with Crippen molar-refractivity contribution in [3.8, 4) is 0 Å². The Bertz CT molecular complexity index is 299. The van der Waals surface area contributed by atoms with E-state index in [4.69, 9.17) is 5.73 Å². The number of nitrogen functional groups attached to an aromatic ring is 1. The normalized spacial score (nSPS) is 9.92. The van der Waals surface area contributed by atoms with Gasteiger partial charge in [0.05, 0.1) is 0 Å². The van der Waals surface area contributed by atoms with E-state index in [1.165, 1.54) is 4.90 Å². The van der Waals surface area contributed by atoms with Crippen molar-refractivity contribution in [1.29, 1.82) is 0 Å². The molecule has 2 N–H and O–H groups in total. The van der Waals surface area contributed by atoms with E-state index in [-0.39, 0.29) is 0 Å². The summed E-state index contributed by atoms with van der Waals surface area (Å²) in [5, 5.41) is 0. The maximum atomic E-state index is 5.63. The van der Waals surface area contributed by atoms with Crippen molar-refractivity contribution in [2.45, 2.75) is 11.3 Å². The number of anilines is 1. The van der Waals surface area contributed by atoms with Crippen LogP contribution in [0.2, 0.25) is 0 Å². The van der Waals surface area contributed by atoms with Gasteiger partial charge in [0, 0.05) is 20.8 Å². The van der Waals surface area contributed by atoms with E-state index >= 15 is 0 Å². The lowest BCUT2D eigenvalue weighted by atomic mass is 10.3. The van der Waals surface area contributed by atoms with E-state index in [2.05, 4.69) is 22.5 Å². The fourth-order valence-corrected chi connectivity index (χ4v) is 2.49. The minimum absolute atomic E-state index is 0.792. The third-order valence-electron chi connectivity index (χ3n) is 1.54. The molecule has 0 heterocycles. The van der Waals surface area contributed by atoms with Crippen molar-refractivity contribution in [3.05, 3.63) is 35.3 Å². The SMILES string of the molecule is C=CCCSc1ccc(N)cc1Br. The van der Waals surface area contributed by atoms with E-state index in [1.807, 2.05) is 24.3 Å². The van der Waals surface area contributed by atoms with Gasteiger partial charge in [0.25, 0.3) is 0 Å². The van der Waals surface area contributed by atoms with Crippen LogP contribution in [-0.2, 0) is 0 Å². The summed E-state index contributed by atoms with van der Waals surface area (Å²) in [4.78, 5) is 1.23.